The van der Waals surface area contributed by atoms with Crippen molar-refractivity contribution < 1.29 is 0 Å². The Morgan fingerprint density at radius 2 is 2.20 bits per heavy atom. The molecule has 0 radical (unpaired) electrons. The first-order chi connectivity index (χ1) is 7.38. The minimum absolute atomic E-state index is 0.682. The van der Waals surface area contributed by atoms with Crippen LogP contribution in [0.5, 0.6) is 0 Å². The molecule has 1 unspecified atom stereocenters. The van der Waals surface area contributed by atoms with E-state index in [0.717, 1.165) is 5.75 Å². The van der Waals surface area contributed by atoms with E-state index in [1.807, 2.05) is 23.5 Å². The van der Waals surface area contributed by atoms with Gasteiger partial charge in [0.2, 0.25) is 0 Å². The first-order valence-corrected chi connectivity index (χ1v) is 7.85. The Labute approximate surface area is 100 Å². The van der Waals surface area contributed by atoms with Crippen molar-refractivity contribution in [1.29, 1.82) is 0 Å². The highest BCUT2D eigenvalue weighted by atomic mass is 32.2. The zero-order valence-corrected chi connectivity index (χ0v) is 10.7. The fourth-order valence-corrected chi connectivity index (χ4v) is 3.43. The molecule has 1 atom stereocenters. The van der Waals surface area contributed by atoms with Gasteiger partial charge in [0.1, 0.15) is 0 Å². The number of rotatable bonds is 4. The van der Waals surface area contributed by atoms with Crippen molar-refractivity contribution in [2.24, 2.45) is 0 Å². The van der Waals surface area contributed by atoms with Crippen molar-refractivity contribution in [2.75, 3.05) is 23.1 Å². The summed E-state index contributed by atoms with van der Waals surface area (Å²) in [7, 11) is 0. The molecule has 0 bridgehead atoms. The van der Waals surface area contributed by atoms with Crippen LogP contribution < -0.4 is 5.32 Å². The van der Waals surface area contributed by atoms with Crippen molar-refractivity contribution in [3.05, 3.63) is 29.8 Å². The summed E-state index contributed by atoms with van der Waals surface area (Å²) in [5.74, 6) is 3.67. The Morgan fingerprint density at radius 3 is 2.80 bits per heavy atom. The number of hydrogen-bond donors (Lipinski definition) is 1. The first kappa shape index (κ1) is 11.2. The quantitative estimate of drug-likeness (QED) is 0.864. The van der Waals surface area contributed by atoms with Gasteiger partial charge in [-0.3, -0.25) is 0 Å². The third kappa shape index (κ3) is 3.35. The topological polar surface area (TPSA) is 12.0 Å². The van der Waals surface area contributed by atoms with Crippen LogP contribution in [0.2, 0.25) is 0 Å². The van der Waals surface area contributed by atoms with Gasteiger partial charge in [-0.25, -0.2) is 0 Å². The van der Waals surface area contributed by atoms with Crippen molar-refractivity contribution >= 4 is 29.2 Å². The van der Waals surface area contributed by atoms with Crippen molar-refractivity contribution in [3.63, 3.8) is 0 Å². The Kier molecular flexibility index (Phi) is 4.27. The number of thioether (sulfide) groups is 2. The first-order valence-electron chi connectivity index (χ1n) is 5.30. The van der Waals surface area contributed by atoms with Crippen molar-refractivity contribution in [3.8, 4) is 0 Å². The van der Waals surface area contributed by atoms with Gasteiger partial charge in [-0.2, -0.15) is 23.5 Å². The van der Waals surface area contributed by atoms with Crippen LogP contribution >= 0.6 is 23.5 Å². The summed E-state index contributed by atoms with van der Waals surface area (Å²) in [5, 5.41) is 3.58. The Morgan fingerprint density at radius 1 is 1.40 bits per heavy atom. The second kappa shape index (κ2) is 5.71. The van der Waals surface area contributed by atoms with Crippen LogP contribution in [0.25, 0.3) is 0 Å². The van der Waals surface area contributed by atoms with E-state index in [1.165, 1.54) is 29.2 Å². The zero-order chi connectivity index (χ0) is 10.5. The van der Waals surface area contributed by atoms with E-state index in [4.69, 9.17) is 0 Å². The van der Waals surface area contributed by atoms with Gasteiger partial charge in [-0.15, -0.1) is 0 Å². The van der Waals surface area contributed by atoms with E-state index >= 15 is 0 Å². The fourth-order valence-electron chi connectivity index (χ4n) is 1.75. The molecule has 0 aliphatic carbocycles. The molecule has 1 aromatic rings. The molecule has 1 saturated heterocycles. The molecular weight excluding hydrogens is 222 g/mol. The number of benzene rings is 1. The molecule has 1 heterocycles. The highest BCUT2D eigenvalue weighted by Crippen LogP contribution is 2.22. The van der Waals surface area contributed by atoms with Crippen molar-refractivity contribution in [1.82, 2.24) is 0 Å². The van der Waals surface area contributed by atoms with Crippen LogP contribution in [0, 0.1) is 0 Å². The van der Waals surface area contributed by atoms with Gasteiger partial charge < -0.3 is 5.32 Å². The lowest BCUT2D eigenvalue weighted by atomic mass is 10.2. The van der Waals surface area contributed by atoms with Gasteiger partial charge in [-0.1, -0.05) is 12.1 Å². The average molecular weight is 239 g/mol. The smallest absolute Gasteiger partial charge is 0.0359 e. The molecule has 2 rings (SSSR count). The molecule has 1 nitrogen and oxygen atoms in total. The van der Waals surface area contributed by atoms with Gasteiger partial charge in [-0.05, 0) is 36.1 Å². The maximum Gasteiger partial charge on any atom is 0.0359 e. The molecule has 15 heavy (non-hydrogen) atoms. The summed E-state index contributed by atoms with van der Waals surface area (Å²) in [4.78, 5) is 0. The maximum atomic E-state index is 3.58. The summed E-state index contributed by atoms with van der Waals surface area (Å²) in [6.07, 6.45) is 3.44. The molecule has 1 fully saturated rings. The van der Waals surface area contributed by atoms with Gasteiger partial charge in [0.25, 0.3) is 0 Å². The number of anilines is 1. The Bertz CT molecular complexity index is 291. The van der Waals surface area contributed by atoms with Crippen LogP contribution in [0.1, 0.15) is 12.0 Å². The lowest BCUT2D eigenvalue weighted by Gasteiger charge is -2.12. The summed E-state index contributed by atoms with van der Waals surface area (Å²) >= 11 is 3.92. The second-order valence-corrected chi connectivity index (χ2v) is 5.85. The zero-order valence-electron chi connectivity index (χ0n) is 9.03. The second-order valence-electron chi connectivity index (χ2n) is 3.83. The van der Waals surface area contributed by atoms with E-state index in [1.54, 1.807) is 0 Å². The van der Waals surface area contributed by atoms with E-state index in [2.05, 4.69) is 35.8 Å². The highest BCUT2D eigenvalue weighted by Gasteiger charge is 2.14. The lowest BCUT2D eigenvalue weighted by Crippen LogP contribution is -2.17. The molecule has 82 valence electrons. The van der Waals surface area contributed by atoms with Gasteiger partial charge in [0.05, 0.1) is 0 Å². The summed E-state index contributed by atoms with van der Waals surface area (Å²) in [5.41, 5.74) is 2.68. The molecule has 1 aliphatic heterocycles. The van der Waals surface area contributed by atoms with Crippen LogP contribution in [0.3, 0.4) is 0 Å². The number of nitrogens with one attached hydrogen (secondary N) is 1. The SMILES string of the molecule is CSCc1ccc(NC2CCSC2)cc1. The standard InChI is InChI=1S/C12H17NS2/c1-14-8-10-2-4-11(5-3-10)13-12-6-7-15-9-12/h2-5,12-13H,6-9H2,1H3. The third-order valence-corrected chi connectivity index (χ3v) is 4.35. The predicted octanol–water partition coefficient (Wildman–Crippen LogP) is 3.47. The van der Waals surface area contributed by atoms with E-state index in [0.29, 0.717) is 6.04 Å². The van der Waals surface area contributed by atoms with E-state index < -0.39 is 0 Å². The molecule has 1 aromatic carbocycles. The average Bonchev–Trinajstić information content (AvgIpc) is 2.74. The molecule has 0 amide bonds. The van der Waals surface area contributed by atoms with Crippen LogP contribution in [0.15, 0.2) is 24.3 Å². The summed E-state index contributed by atoms with van der Waals surface area (Å²) < 4.78 is 0. The number of hydrogen-bond acceptors (Lipinski definition) is 3. The minimum Gasteiger partial charge on any atom is -0.381 e. The maximum absolute atomic E-state index is 3.58. The summed E-state index contributed by atoms with van der Waals surface area (Å²) in [6, 6.07) is 9.53. The van der Waals surface area contributed by atoms with Crippen LogP contribution in [-0.2, 0) is 5.75 Å². The van der Waals surface area contributed by atoms with Crippen LogP contribution in [-0.4, -0.2) is 23.8 Å². The highest BCUT2D eigenvalue weighted by molar-refractivity contribution is 7.99. The molecule has 1 N–H and O–H groups in total. The fraction of sp³-hybridized carbons (Fsp3) is 0.500. The Hall–Kier alpha value is -0.280. The van der Waals surface area contributed by atoms with Crippen molar-refractivity contribution in [2.45, 2.75) is 18.2 Å². The molecule has 1 aliphatic rings. The third-order valence-electron chi connectivity index (χ3n) is 2.57. The predicted molar refractivity (Wildman–Crippen MR) is 73.0 cm³/mol. The lowest BCUT2D eigenvalue weighted by molar-refractivity contribution is 0.813. The molecule has 0 aromatic heterocycles. The molecular formula is C12H17NS2. The minimum atomic E-state index is 0.682. The molecule has 0 spiro atoms. The normalized spacial score (nSPS) is 20.5. The molecule has 0 saturated carbocycles. The monoisotopic (exact) mass is 239 g/mol. The van der Waals surface area contributed by atoms with Gasteiger partial charge >= 0.3 is 0 Å². The van der Waals surface area contributed by atoms with E-state index in [9.17, 15) is 0 Å². The van der Waals surface area contributed by atoms with Crippen LogP contribution in [0.4, 0.5) is 5.69 Å². The van der Waals surface area contributed by atoms with Gasteiger partial charge in [0, 0.05) is 23.2 Å². The molecule has 3 heteroatoms. The largest absolute Gasteiger partial charge is 0.381 e. The van der Waals surface area contributed by atoms with Gasteiger partial charge in [0.15, 0.2) is 0 Å². The van der Waals surface area contributed by atoms with E-state index in [-0.39, 0.29) is 0 Å². The Balaban J connectivity index is 1.91. The summed E-state index contributed by atoms with van der Waals surface area (Å²) in [6.45, 7) is 0.